The number of halogens is 12. The SMILES string of the molecule is CN(C(=S)Nc1cc(C(F)(F)F)cc(C(F)(F)F)c1)c1cc(C(F)(F)F)cc(C(F)(F)F)c1. The summed E-state index contributed by atoms with van der Waals surface area (Å²) in [5, 5.41) is 1.21. The largest absolute Gasteiger partial charge is 0.416 e. The molecule has 0 heterocycles. The van der Waals surface area contributed by atoms with Gasteiger partial charge in [-0.05, 0) is 48.6 Å². The Balaban J connectivity index is 2.48. The van der Waals surface area contributed by atoms with Gasteiger partial charge in [0.1, 0.15) is 0 Å². The normalized spacial score (nSPS) is 13.1. The summed E-state index contributed by atoms with van der Waals surface area (Å²) in [6, 6.07) is 0.759. The fourth-order valence-electron chi connectivity index (χ4n) is 2.48. The van der Waals surface area contributed by atoms with Gasteiger partial charge in [-0.2, -0.15) is 52.7 Å². The Labute approximate surface area is 182 Å². The molecular formula is C18H10F12N2S. The van der Waals surface area contributed by atoms with Crippen molar-refractivity contribution >= 4 is 28.7 Å². The lowest BCUT2D eigenvalue weighted by Crippen LogP contribution is -2.31. The van der Waals surface area contributed by atoms with Crippen LogP contribution in [0.4, 0.5) is 64.1 Å². The second kappa shape index (κ2) is 8.57. The molecule has 1 N–H and O–H groups in total. The van der Waals surface area contributed by atoms with Crippen molar-refractivity contribution in [1.29, 1.82) is 0 Å². The van der Waals surface area contributed by atoms with E-state index in [4.69, 9.17) is 12.2 Å². The van der Waals surface area contributed by atoms with Gasteiger partial charge in [-0.1, -0.05) is 0 Å². The van der Waals surface area contributed by atoms with Crippen molar-refractivity contribution in [2.75, 3.05) is 17.3 Å². The highest BCUT2D eigenvalue weighted by atomic mass is 32.1. The van der Waals surface area contributed by atoms with Crippen molar-refractivity contribution in [3.05, 3.63) is 58.7 Å². The minimum absolute atomic E-state index is 0.157. The molecule has 0 atom stereocenters. The third kappa shape index (κ3) is 6.65. The Bertz CT molecular complexity index is 970. The van der Waals surface area contributed by atoms with E-state index >= 15 is 0 Å². The van der Waals surface area contributed by atoms with Crippen molar-refractivity contribution < 1.29 is 52.7 Å². The average Bonchev–Trinajstić information content (AvgIpc) is 2.64. The summed E-state index contributed by atoms with van der Waals surface area (Å²) >= 11 is 4.78. The lowest BCUT2D eigenvalue weighted by atomic mass is 10.1. The summed E-state index contributed by atoms with van der Waals surface area (Å²) in [6.07, 6.45) is -20.7. The van der Waals surface area contributed by atoms with Crippen LogP contribution in [0.25, 0.3) is 0 Å². The van der Waals surface area contributed by atoms with Crippen LogP contribution in [0.2, 0.25) is 0 Å². The summed E-state index contributed by atoms with van der Waals surface area (Å²) in [5.74, 6) is 0. The number of nitrogens with one attached hydrogen (secondary N) is 1. The molecular weight excluding hydrogens is 504 g/mol. The molecule has 15 heteroatoms. The molecule has 182 valence electrons. The van der Waals surface area contributed by atoms with Crippen LogP contribution >= 0.6 is 12.2 Å². The molecule has 0 bridgehead atoms. The zero-order valence-electron chi connectivity index (χ0n) is 15.9. The maximum atomic E-state index is 13.0. The Morgan fingerprint density at radius 1 is 0.606 bits per heavy atom. The minimum Gasteiger partial charge on any atom is -0.332 e. The van der Waals surface area contributed by atoms with Gasteiger partial charge in [-0.15, -0.1) is 0 Å². The van der Waals surface area contributed by atoms with Gasteiger partial charge in [0.25, 0.3) is 0 Å². The van der Waals surface area contributed by atoms with Crippen LogP contribution in [0, 0.1) is 0 Å². The second-order valence-electron chi connectivity index (χ2n) is 6.55. The van der Waals surface area contributed by atoms with Crippen molar-refractivity contribution in [2.24, 2.45) is 0 Å². The van der Waals surface area contributed by atoms with E-state index in [2.05, 4.69) is 0 Å². The second-order valence-corrected chi connectivity index (χ2v) is 6.93. The molecule has 0 saturated carbocycles. The first kappa shape index (κ1) is 26.5. The monoisotopic (exact) mass is 514 g/mol. The van der Waals surface area contributed by atoms with Gasteiger partial charge in [0, 0.05) is 18.4 Å². The van der Waals surface area contributed by atoms with Gasteiger partial charge >= 0.3 is 24.7 Å². The molecule has 0 amide bonds. The molecule has 0 unspecified atom stereocenters. The number of hydrogen-bond acceptors (Lipinski definition) is 1. The Morgan fingerprint density at radius 2 is 0.909 bits per heavy atom. The summed E-state index contributed by atoms with van der Waals surface area (Å²) in [4.78, 5) is 0.535. The van der Waals surface area contributed by atoms with E-state index in [1.54, 1.807) is 0 Å². The Hall–Kier alpha value is -2.71. The quantitative estimate of drug-likeness (QED) is 0.328. The van der Waals surface area contributed by atoms with Crippen molar-refractivity contribution in [3.63, 3.8) is 0 Å². The first-order valence-electron chi connectivity index (χ1n) is 8.33. The number of anilines is 2. The van der Waals surface area contributed by atoms with Crippen LogP contribution in [-0.2, 0) is 24.7 Å². The molecule has 2 aromatic rings. The van der Waals surface area contributed by atoms with Gasteiger partial charge in [0.05, 0.1) is 22.3 Å². The molecule has 0 radical (unpaired) electrons. The van der Waals surface area contributed by atoms with Crippen LogP contribution in [0.15, 0.2) is 36.4 Å². The number of thiocarbonyl (C=S) groups is 1. The van der Waals surface area contributed by atoms with Gasteiger partial charge in [-0.3, -0.25) is 0 Å². The summed E-state index contributed by atoms with van der Waals surface area (Å²) < 4.78 is 156. The number of rotatable bonds is 2. The number of hydrogen-bond donors (Lipinski definition) is 1. The van der Waals surface area contributed by atoms with Crippen molar-refractivity contribution in [2.45, 2.75) is 24.7 Å². The fourth-order valence-corrected chi connectivity index (χ4v) is 2.71. The van der Waals surface area contributed by atoms with E-state index in [0.717, 1.165) is 7.05 Å². The molecule has 0 fully saturated rings. The van der Waals surface area contributed by atoms with Crippen LogP contribution in [0.1, 0.15) is 22.3 Å². The number of benzene rings is 2. The zero-order chi connectivity index (χ0) is 25.6. The highest BCUT2D eigenvalue weighted by Gasteiger charge is 2.38. The number of alkyl halides is 12. The topological polar surface area (TPSA) is 15.3 Å². The smallest absolute Gasteiger partial charge is 0.332 e. The van der Waals surface area contributed by atoms with Crippen LogP contribution in [0.3, 0.4) is 0 Å². The molecule has 0 aliphatic rings. The lowest BCUT2D eigenvalue weighted by molar-refractivity contribution is -0.144. The zero-order valence-corrected chi connectivity index (χ0v) is 16.7. The first-order chi connectivity index (χ1) is 14.7. The van der Waals surface area contributed by atoms with Crippen LogP contribution in [-0.4, -0.2) is 12.2 Å². The highest BCUT2D eigenvalue weighted by Crippen LogP contribution is 2.39. The maximum absolute atomic E-state index is 13.0. The molecule has 0 spiro atoms. The number of nitrogens with zero attached hydrogens (tertiary/aromatic N) is 1. The van der Waals surface area contributed by atoms with E-state index in [9.17, 15) is 52.7 Å². The summed E-state index contributed by atoms with van der Waals surface area (Å²) in [7, 11) is 0.878. The van der Waals surface area contributed by atoms with Crippen LogP contribution in [0.5, 0.6) is 0 Å². The standard InChI is InChI=1S/C18H10F12N2S/c1-32(13-6-10(17(25,26)27)3-11(7-13)18(28,29)30)14(33)31-12-4-8(15(19,20)21)2-9(5-12)16(22,23)24/h2-7H,1H3,(H,31,33). The summed E-state index contributed by atoms with van der Waals surface area (Å²) in [5.41, 5.74) is -8.40. The lowest BCUT2D eigenvalue weighted by Gasteiger charge is -2.24. The minimum atomic E-state index is -5.19. The average molecular weight is 514 g/mol. The van der Waals surface area contributed by atoms with Gasteiger partial charge in [0.2, 0.25) is 0 Å². The highest BCUT2D eigenvalue weighted by molar-refractivity contribution is 7.80. The maximum Gasteiger partial charge on any atom is 0.416 e. The van der Waals surface area contributed by atoms with Gasteiger partial charge in [-0.25, -0.2) is 0 Å². The van der Waals surface area contributed by atoms with Crippen molar-refractivity contribution in [3.8, 4) is 0 Å². The fraction of sp³-hybridized carbons (Fsp3) is 0.278. The molecule has 33 heavy (non-hydrogen) atoms. The molecule has 0 aliphatic heterocycles. The summed E-state index contributed by atoms with van der Waals surface area (Å²) in [6.45, 7) is 0. The molecule has 0 aliphatic carbocycles. The Morgan fingerprint density at radius 3 is 1.21 bits per heavy atom. The third-order valence-corrected chi connectivity index (χ3v) is 4.48. The Kier molecular flexibility index (Phi) is 6.90. The van der Waals surface area contributed by atoms with E-state index < -0.39 is 63.4 Å². The predicted octanol–water partition coefficient (Wildman–Crippen LogP) is 7.60. The van der Waals surface area contributed by atoms with E-state index in [1.165, 1.54) is 0 Å². The molecule has 0 saturated heterocycles. The van der Waals surface area contributed by atoms with Crippen LogP contribution < -0.4 is 10.2 Å². The predicted molar refractivity (Wildman–Crippen MR) is 97.5 cm³/mol. The van der Waals surface area contributed by atoms with Gasteiger partial charge in [0.15, 0.2) is 5.11 Å². The molecule has 0 aromatic heterocycles. The third-order valence-electron chi connectivity index (χ3n) is 4.10. The molecule has 2 nitrogen and oxygen atoms in total. The first-order valence-corrected chi connectivity index (χ1v) is 8.74. The van der Waals surface area contributed by atoms with E-state index in [1.807, 2.05) is 5.32 Å². The van der Waals surface area contributed by atoms with Crippen molar-refractivity contribution in [1.82, 2.24) is 0 Å². The van der Waals surface area contributed by atoms with Gasteiger partial charge < -0.3 is 10.2 Å². The van der Waals surface area contributed by atoms with E-state index in [-0.39, 0.29) is 36.4 Å². The molecule has 2 rings (SSSR count). The van der Waals surface area contributed by atoms with E-state index in [0.29, 0.717) is 4.90 Å². The molecule has 2 aromatic carbocycles.